The average molecular weight is 553 g/mol. The number of rotatable bonds is 15. The van der Waals surface area contributed by atoms with Crippen LogP contribution in [0.2, 0.25) is 0 Å². The molecule has 0 saturated heterocycles. The maximum absolute atomic E-state index is 11.5. The van der Waals surface area contributed by atoms with Crippen LogP contribution in [0.5, 0.6) is 5.75 Å². The van der Waals surface area contributed by atoms with Crippen molar-refractivity contribution < 1.29 is 28.5 Å². The Labute approximate surface area is 242 Å². The predicted octanol–water partition coefficient (Wildman–Crippen LogP) is 6.32. The highest BCUT2D eigenvalue weighted by molar-refractivity contribution is 5.82. The Kier molecular flexibility index (Phi) is 13.0. The van der Waals surface area contributed by atoms with E-state index in [0.29, 0.717) is 13.2 Å². The molecule has 0 N–H and O–H groups in total. The Morgan fingerprint density at radius 3 is 1.90 bits per heavy atom. The minimum atomic E-state index is -0.716. The summed E-state index contributed by atoms with van der Waals surface area (Å²) in [5, 5.41) is 0. The molecule has 0 aliphatic rings. The molecule has 1 atom stereocenters. The van der Waals surface area contributed by atoms with Gasteiger partial charge in [0.25, 0.3) is 0 Å². The van der Waals surface area contributed by atoms with Crippen LogP contribution in [0.3, 0.4) is 0 Å². The van der Waals surface area contributed by atoms with Crippen molar-refractivity contribution in [3.8, 4) is 28.7 Å². The van der Waals surface area contributed by atoms with E-state index < -0.39 is 18.0 Å². The van der Waals surface area contributed by atoms with Crippen LogP contribution in [0.15, 0.2) is 98.1 Å². The van der Waals surface area contributed by atoms with Crippen LogP contribution in [0, 0.1) is 11.8 Å². The quantitative estimate of drug-likeness (QED) is 0.0951. The molecule has 6 nitrogen and oxygen atoms in total. The number of carbonyl (C=O) groups is 2. The van der Waals surface area contributed by atoms with Crippen molar-refractivity contribution in [3.05, 3.63) is 115 Å². The van der Waals surface area contributed by atoms with Gasteiger partial charge in [-0.05, 0) is 72.4 Å². The lowest BCUT2D eigenvalue weighted by atomic mass is 10.0. The van der Waals surface area contributed by atoms with Gasteiger partial charge in [0.1, 0.15) is 12.4 Å². The zero-order valence-corrected chi connectivity index (χ0v) is 23.5. The number of hydrogen-bond donors (Lipinski definition) is 0. The fraction of sp³-hybridized carbons (Fsp3) is 0.257. The molecule has 3 aromatic carbocycles. The third-order valence-corrected chi connectivity index (χ3v) is 6.07. The van der Waals surface area contributed by atoms with E-state index in [1.807, 2.05) is 36.4 Å². The molecular weight excluding hydrogens is 516 g/mol. The number of benzene rings is 3. The third-order valence-electron chi connectivity index (χ3n) is 6.07. The number of ether oxygens (including phenoxy) is 4. The van der Waals surface area contributed by atoms with Gasteiger partial charge >= 0.3 is 11.9 Å². The van der Waals surface area contributed by atoms with Gasteiger partial charge < -0.3 is 18.9 Å². The largest absolute Gasteiger partial charge is 0.494 e. The number of hydrogen-bond acceptors (Lipinski definition) is 6. The van der Waals surface area contributed by atoms with Gasteiger partial charge in [-0.25, -0.2) is 9.59 Å². The lowest BCUT2D eigenvalue weighted by molar-refractivity contribution is -0.156. The zero-order chi connectivity index (χ0) is 29.3. The van der Waals surface area contributed by atoms with Gasteiger partial charge in [0, 0.05) is 29.9 Å². The van der Waals surface area contributed by atoms with E-state index in [1.165, 1.54) is 5.56 Å². The molecule has 212 valence electrons. The van der Waals surface area contributed by atoms with Crippen molar-refractivity contribution in [1.29, 1.82) is 0 Å². The fourth-order valence-corrected chi connectivity index (χ4v) is 3.73. The fourth-order valence-electron chi connectivity index (χ4n) is 3.73. The lowest BCUT2D eigenvalue weighted by Gasteiger charge is -2.17. The van der Waals surface area contributed by atoms with Gasteiger partial charge in [-0.3, -0.25) is 0 Å². The van der Waals surface area contributed by atoms with Crippen molar-refractivity contribution >= 4 is 11.9 Å². The Morgan fingerprint density at radius 1 is 0.756 bits per heavy atom. The van der Waals surface area contributed by atoms with Gasteiger partial charge in [-0.2, -0.15) is 0 Å². The van der Waals surface area contributed by atoms with Crippen molar-refractivity contribution in [1.82, 2.24) is 0 Å². The summed E-state index contributed by atoms with van der Waals surface area (Å²) >= 11 is 0. The molecule has 1 unspecified atom stereocenters. The molecule has 0 spiro atoms. The summed E-state index contributed by atoms with van der Waals surface area (Å²) in [5.41, 5.74) is 5.51. The second-order valence-corrected chi connectivity index (χ2v) is 9.13. The van der Waals surface area contributed by atoms with Crippen LogP contribution in [0.25, 0.3) is 11.1 Å². The molecule has 0 amide bonds. The summed E-state index contributed by atoms with van der Waals surface area (Å²) < 4.78 is 21.5. The van der Waals surface area contributed by atoms with Crippen LogP contribution in [0.1, 0.15) is 36.5 Å². The topological polar surface area (TPSA) is 71.1 Å². The summed E-state index contributed by atoms with van der Waals surface area (Å²) in [6, 6.07) is 24.6. The lowest BCUT2D eigenvalue weighted by Crippen LogP contribution is -2.29. The molecule has 3 aromatic rings. The van der Waals surface area contributed by atoms with Crippen molar-refractivity contribution in [3.63, 3.8) is 0 Å². The monoisotopic (exact) mass is 552 g/mol. The molecule has 0 radical (unpaired) electrons. The predicted molar refractivity (Wildman–Crippen MR) is 160 cm³/mol. The Balaban J connectivity index is 1.37. The number of unbranched alkanes of at least 4 members (excludes halogenated alkanes) is 1. The first-order chi connectivity index (χ1) is 20.0. The summed E-state index contributed by atoms with van der Waals surface area (Å²) in [5.74, 6) is 6.05. The third kappa shape index (κ3) is 11.2. The Bertz CT molecular complexity index is 1330. The van der Waals surface area contributed by atoms with Gasteiger partial charge in [0.05, 0.1) is 13.2 Å². The molecule has 6 heteroatoms. The first kappa shape index (κ1) is 30.9. The van der Waals surface area contributed by atoms with Crippen molar-refractivity contribution in [2.75, 3.05) is 26.4 Å². The standard InChI is InChI=1S/C35H36O6/c1-4-27-9-11-28(12-10-27)13-14-29-15-17-30(18-16-29)31-19-21-32(22-20-31)39-24-8-7-23-38-25-33(41-35(37)6-3)26-40-34(36)5-2/h5-6,9-12,15-22,33H,2-4,7-8,23-26H2,1H3. The van der Waals surface area contributed by atoms with Gasteiger partial charge in [0.2, 0.25) is 0 Å². The summed E-state index contributed by atoms with van der Waals surface area (Å²) in [4.78, 5) is 22.7. The van der Waals surface area contributed by atoms with Crippen molar-refractivity contribution in [2.24, 2.45) is 0 Å². The number of esters is 2. The average Bonchev–Trinajstić information content (AvgIpc) is 3.02. The number of aryl methyl sites for hydroxylation is 1. The molecule has 0 aromatic heterocycles. The maximum Gasteiger partial charge on any atom is 0.330 e. The maximum atomic E-state index is 11.5. The van der Waals surface area contributed by atoms with E-state index in [2.05, 4.69) is 68.3 Å². The van der Waals surface area contributed by atoms with E-state index in [0.717, 1.165) is 59.4 Å². The molecule has 0 heterocycles. The van der Waals surface area contributed by atoms with Crippen LogP contribution in [0.4, 0.5) is 0 Å². The smallest absolute Gasteiger partial charge is 0.330 e. The van der Waals surface area contributed by atoms with Gasteiger partial charge in [-0.1, -0.05) is 68.3 Å². The highest BCUT2D eigenvalue weighted by Gasteiger charge is 2.15. The summed E-state index contributed by atoms with van der Waals surface area (Å²) in [7, 11) is 0. The SMILES string of the molecule is C=CC(=O)OCC(COCCCCOc1ccc(-c2ccc(C#Cc3ccc(CC)cc3)cc2)cc1)OC(=O)C=C. The second-order valence-electron chi connectivity index (χ2n) is 9.13. The molecule has 0 aliphatic heterocycles. The Hall–Kier alpha value is -4.60. The first-order valence-electron chi connectivity index (χ1n) is 13.6. The molecule has 41 heavy (non-hydrogen) atoms. The van der Waals surface area contributed by atoms with E-state index >= 15 is 0 Å². The van der Waals surface area contributed by atoms with E-state index in [-0.39, 0.29) is 13.2 Å². The van der Waals surface area contributed by atoms with Crippen LogP contribution in [-0.4, -0.2) is 44.5 Å². The second kappa shape index (κ2) is 17.2. The van der Waals surface area contributed by atoms with E-state index in [9.17, 15) is 9.59 Å². The summed E-state index contributed by atoms with van der Waals surface area (Å²) in [6.07, 6.45) is 3.95. The van der Waals surface area contributed by atoms with Crippen LogP contribution < -0.4 is 4.74 Å². The zero-order valence-electron chi connectivity index (χ0n) is 23.5. The normalized spacial score (nSPS) is 11.0. The number of carbonyl (C=O) groups excluding carboxylic acids is 2. The molecule has 0 saturated carbocycles. The molecule has 3 rings (SSSR count). The highest BCUT2D eigenvalue weighted by atomic mass is 16.6. The van der Waals surface area contributed by atoms with E-state index in [4.69, 9.17) is 18.9 Å². The molecule has 0 fully saturated rings. The van der Waals surface area contributed by atoms with Crippen LogP contribution >= 0.6 is 0 Å². The minimum Gasteiger partial charge on any atom is -0.494 e. The minimum absolute atomic E-state index is 0.104. The van der Waals surface area contributed by atoms with Crippen LogP contribution in [-0.2, 0) is 30.2 Å². The summed E-state index contributed by atoms with van der Waals surface area (Å²) in [6.45, 7) is 9.83. The van der Waals surface area contributed by atoms with Gasteiger partial charge in [-0.15, -0.1) is 0 Å². The molecular formula is C35H36O6. The molecule has 0 bridgehead atoms. The highest BCUT2D eigenvalue weighted by Crippen LogP contribution is 2.23. The first-order valence-corrected chi connectivity index (χ1v) is 13.6. The van der Waals surface area contributed by atoms with E-state index in [1.54, 1.807) is 0 Å². The molecule has 0 aliphatic carbocycles. The van der Waals surface area contributed by atoms with Gasteiger partial charge in [0.15, 0.2) is 6.10 Å². The van der Waals surface area contributed by atoms with Crippen molar-refractivity contribution in [2.45, 2.75) is 32.3 Å². The Morgan fingerprint density at radius 2 is 1.32 bits per heavy atom.